The largest absolute Gasteiger partial charge is 0.461 e. The lowest BCUT2D eigenvalue weighted by molar-refractivity contribution is -0.146. The Balaban J connectivity index is 1.38. The van der Waals surface area contributed by atoms with Gasteiger partial charge in [-0.2, -0.15) is 0 Å². The van der Waals surface area contributed by atoms with Crippen LogP contribution in [-0.4, -0.2) is 65.0 Å². The minimum Gasteiger partial charge on any atom is -0.461 e. The van der Waals surface area contributed by atoms with Crippen LogP contribution < -0.4 is 27.0 Å². The fraction of sp³-hybridized carbons (Fsp3) is 0.333. The molecular weight excluding hydrogens is 664 g/mol. The van der Waals surface area contributed by atoms with Crippen LogP contribution in [0, 0.1) is 0 Å². The van der Waals surface area contributed by atoms with Crippen LogP contribution in [0.3, 0.4) is 0 Å². The zero-order valence-electron chi connectivity index (χ0n) is 29.6. The monoisotopic (exact) mass is 710 g/mol. The Morgan fingerprint density at radius 2 is 1.44 bits per heavy atom. The van der Waals surface area contributed by atoms with Crippen LogP contribution in [0.25, 0.3) is 10.9 Å². The first-order valence-electron chi connectivity index (χ1n) is 17.1. The van der Waals surface area contributed by atoms with E-state index in [1.54, 1.807) is 33.0 Å². The second-order valence-corrected chi connectivity index (χ2v) is 13.2. The fourth-order valence-corrected chi connectivity index (χ4v) is 5.14. The van der Waals surface area contributed by atoms with E-state index in [9.17, 15) is 24.0 Å². The van der Waals surface area contributed by atoms with Crippen molar-refractivity contribution in [3.8, 4) is 0 Å². The van der Waals surface area contributed by atoms with Crippen molar-refractivity contribution >= 4 is 46.4 Å². The summed E-state index contributed by atoms with van der Waals surface area (Å²) >= 11 is 0. The minimum absolute atomic E-state index is 0.0661. The molecule has 13 heteroatoms. The van der Waals surface area contributed by atoms with E-state index in [-0.39, 0.29) is 38.8 Å². The molecule has 0 radical (unpaired) electrons. The van der Waals surface area contributed by atoms with E-state index in [2.05, 4.69) is 26.3 Å². The van der Waals surface area contributed by atoms with E-state index in [1.807, 2.05) is 84.9 Å². The van der Waals surface area contributed by atoms with E-state index in [0.717, 1.165) is 22.0 Å². The number of hydrogen-bond acceptors (Lipinski definition) is 9. The molecule has 0 spiro atoms. The number of rotatable bonds is 16. The van der Waals surface area contributed by atoms with Gasteiger partial charge in [-0.3, -0.25) is 24.2 Å². The molecule has 3 aromatic carbocycles. The Morgan fingerprint density at radius 3 is 2.13 bits per heavy atom. The summed E-state index contributed by atoms with van der Waals surface area (Å²) in [5.41, 5.74) is 7.94. The van der Waals surface area contributed by atoms with E-state index < -0.39 is 53.5 Å². The second kappa shape index (κ2) is 19.0. The summed E-state index contributed by atoms with van der Waals surface area (Å²) in [4.78, 5) is 69.4. The van der Waals surface area contributed by atoms with Gasteiger partial charge in [-0.05, 0) is 56.9 Å². The van der Waals surface area contributed by atoms with Crippen molar-refractivity contribution in [1.29, 1.82) is 0 Å². The van der Waals surface area contributed by atoms with Crippen LogP contribution in [0.2, 0.25) is 0 Å². The van der Waals surface area contributed by atoms with E-state index in [0.29, 0.717) is 5.69 Å². The third-order valence-corrected chi connectivity index (χ3v) is 7.72. The molecule has 13 nitrogen and oxygen atoms in total. The molecule has 0 aliphatic carbocycles. The highest BCUT2D eigenvalue weighted by atomic mass is 16.6. The van der Waals surface area contributed by atoms with Crippen molar-refractivity contribution in [2.24, 2.45) is 5.73 Å². The summed E-state index contributed by atoms with van der Waals surface area (Å²) in [5.74, 6) is -2.28. The summed E-state index contributed by atoms with van der Waals surface area (Å²) in [6.45, 7) is 5.24. The average molecular weight is 711 g/mol. The van der Waals surface area contributed by atoms with Gasteiger partial charge in [0.1, 0.15) is 24.3 Å². The molecule has 52 heavy (non-hydrogen) atoms. The summed E-state index contributed by atoms with van der Waals surface area (Å²) < 4.78 is 10.6. The number of esters is 1. The first-order chi connectivity index (χ1) is 24.9. The summed E-state index contributed by atoms with van der Waals surface area (Å²) in [6, 6.07) is 24.3. The van der Waals surface area contributed by atoms with Gasteiger partial charge in [0.15, 0.2) is 0 Å². The number of para-hydroxylation sites is 1. The number of anilines is 1. The fourth-order valence-electron chi connectivity index (χ4n) is 5.14. The van der Waals surface area contributed by atoms with Gasteiger partial charge >= 0.3 is 12.1 Å². The van der Waals surface area contributed by atoms with Crippen LogP contribution in [0.4, 0.5) is 10.5 Å². The van der Waals surface area contributed by atoms with Crippen LogP contribution in [0.5, 0.6) is 0 Å². The van der Waals surface area contributed by atoms with Crippen LogP contribution in [-0.2, 0) is 41.7 Å². The SMILES string of the molecule is CC(C)(C)OC(=O)N[C@@H](CCCNC(=O)[C@@H](N)CC(=O)OCc1ccccc1)C(=O)N[C@H](Cc1ccccc1)C(=O)Nc1cnc2ccccc2c1. The molecule has 0 saturated heterocycles. The number of carbonyl (C=O) groups excluding carboxylic acids is 5. The smallest absolute Gasteiger partial charge is 0.408 e. The number of pyridine rings is 1. The maximum absolute atomic E-state index is 13.8. The predicted octanol–water partition coefficient (Wildman–Crippen LogP) is 4.15. The zero-order valence-corrected chi connectivity index (χ0v) is 29.6. The number of aromatic nitrogens is 1. The van der Waals surface area contributed by atoms with E-state index in [4.69, 9.17) is 15.2 Å². The van der Waals surface area contributed by atoms with Crippen molar-refractivity contribution < 1.29 is 33.4 Å². The predicted molar refractivity (Wildman–Crippen MR) is 197 cm³/mol. The lowest BCUT2D eigenvalue weighted by atomic mass is 10.0. The van der Waals surface area contributed by atoms with E-state index in [1.165, 1.54) is 0 Å². The first-order valence-corrected chi connectivity index (χ1v) is 17.1. The quantitative estimate of drug-likeness (QED) is 0.0840. The van der Waals surface area contributed by atoms with Crippen molar-refractivity contribution in [1.82, 2.24) is 20.9 Å². The van der Waals surface area contributed by atoms with Gasteiger partial charge < -0.3 is 36.5 Å². The van der Waals surface area contributed by atoms with Crippen molar-refractivity contribution in [3.05, 3.63) is 108 Å². The number of hydrogen-bond donors (Lipinski definition) is 5. The molecule has 0 saturated carbocycles. The number of carbonyl (C=O) groups is 5. The normalized spacial score (nSPS) is 12.8. The second-order valence-electron chi connectivity index (χ2n) is 13.2. The number of amides is 4. The molecule has 4 rings (SSSR count). The molecule has 274 valence electrons. The number of benzene rings is 3. The Kier molecular flexibility index (Phi) is 14.2. The van der Waals surface area contributed by atoms with Crippen molar-refractivity contribution in [3.63, 3.8) is 0 Å². The number of ether oxygens (including phenoxy) is 2. The van der Waals surface area contributed by atoms with Gasteiger partial charge in [0.05, 0.1) is 29.9 Å². The van der Waals surface area contributed by atoms with Gasteiger partial charge in [0.25, 0.3) is 0 Å². The van der Waals surface area contributed by atoms with Gasteiger partial charge in [0.2, 0.25) is 17.7 Å². The lowest BCUT2D eigenvalue weighted by Gasteiger charge is -2.25. The third-order valence-electron chi connectivity index (χ3n) is 7.72. The number of fused-ring (bicyclic) bond motifs is 1. The third kappa shape index (κ3) is 13.1. The first kappa shape index (κ1) is 39.0. The number of nitrogens with zero attached hydrogens (tertiary/aromatic N) is 1. The molecule has 4 aromatic rings. The summed E-state index contributed by atoms with van der Waals surface area (Å²) in [7, 11) is 0. The average Bonchev–Trinajstić information content (AvgIpc) is 3.11. The highest BCUT2D eigenvalue weighted by Crippen LogP contribution is 2.17. The van der Waals surface area contributed by atoms with Crippen LogP contribution >= 0.6 is 0 Å². The maximum atomic E-state index is 13.8. The molecule has 0 fully saturated rings. The highest BCUT2D eigenvalue weighted by Gasteiger charge is 2.29. The summed E-state index contributed by atoms with van der Waals surface area (Å²) in [6.07, 6.45) is 0.892. The maximum Gasteiger partial charge on any atom is 0.408 e. The van der Waals surface area contributed by atoms with Gasteiger partial charge in [-0.25, -0.2) is 4.79 Å². The summed E-state index contributed by atoms with van der Waals surface area (Å²) in [5, 5.41) is 11.8. The Labute approximate surface area is 303 Å². The Bertz CT molecular complexity index is 1810. The van der Waals surface area contributed by atoms with Crippen LogP contribution in [0.1, 0.15) is 51.2 Å². The molecule has 6 N–H and O–H groups in total. The lowest BCUT2D eigenvalue weighted by Crippen LogP contribution is -2.54. The topological polar surface area (TPSA) is 191 Å². The molecule has 0 aliphatic rings. The number of alkyl carbamates (subject to hydrolysis) is 1. The van der Waals surface area contributed by atoms with E-state index >= 15 is 0 Å². The standard InChI is InChI=1S/C39H46N6O7/c1-39(2,3)52-38(50)45-32(19-12-20-41-35(47)30(40)23-34(46)51-25-27-15-8-5-9-16-27)36(48)44-33(21-26-13-6-4-7-14-26)37(49)43-29-22-28-17-10-11-18-31(28)42-24-29/h4-11,13-18,22,24,30,32-33H,12,19-21,23,25,40H2,1-3H3,(H,41,47)(H,43,49)(H,44,48)(H,45,50)/t30-,32-,33+/m0/s1. The molecule has 1 heterocycles. The molecule has 0 unspecified atom stereocenters. The van der Waals surface area contributed by atoms with Gasteiger partial charge in [0, 0.05) is 18.4 Å². The van der Waals surface area contributed by atoms with Crippen molar-refractivity contribution in [2.45, 2.75) is 76.8 Å². The molecule has 0 bridgehead atoms. The highest BCUT2D eigenvalue weighted by molar-refractivity contribution is 5.99. The molecular formula is C39H46N6O7. The van der Waals surface area contributed by atoms with Crippen molar-refractivity contribution in [2.75, 3.05) is 11.9 Å². The van der Waals surface area contributed by atoms with Gasteiger partial charge in [-0.1, -0.05) is 78.9 Å². The Hall–Kier alpha value is -5.82. The van der Waals surface area contributed by atoms with Gasteiger partial charge in [-0.15, -0.1) is 0 Å². The molecule has 1 aromatic heterocycles. The number of nitrogens with two attached hydrogens (primary N) is 1. The molecule has 0 aliphatic heterocycles. The Morgan fingerprint density at radius 1 is 0.788 bits per heavy atom. The van der Waals surface area contributed by atoms with Crippen LogP contribution in [0.15, 0.2) is 97.2 Å². The molecule has 3 atom stereocenters. The zero-order chi connectivity index (χ0) is 37.5. The minimum atomic E-state index is -1.14. The molecule has 4 amide bonds. The number of nitrogens with one attached hydrogen (secondary N) is 4.